The number of nitrogens with zero attached hydrogens (tertiary/aromatic N) is 2. The van der Waals surface area contributed by atoms with E-state index in [4.69, 9.17) is 14.4 Å². The highest BCUT2D eigenvalue weighted by molar-refractivity contribution is 6.06. The zero-order valence-electron chi connectivity index (χ0n) is 15.4. The molecule has 2 aromatic heterocycles. The summed E-state index contributed by atoms with van der Waals surface area (Å²) >= 11 is 0. The van der Waals surface area contributed by atoms with Crippen molar-refractivity contribution in [2.45, 2.75) is 20.3 Å². The third kappa shape index (κ3) is 2.76. The van der Waals surface area contributed by atoms with Crippen LogP contribution >= 0.6 is 0 Å². The van der Waals surface area contributed by atoms with Gasteiger partial charge in [0.2, 0.25) is 0 Å². The van der Waals surface area contributed by atoms with Gasteiger partial charge >= 0.3 is 0 Å². The summed E-state index contributed by atoms with van der Waals surface area (Å²) in [6.45, 7) is 4.38. The monoisotopic (exact) mass is 352 g/mol. The van der Waals surface area contributed by atoms with Gasteiger partial charge in [-0.1, -0.05) is 62.4 Å². The fraction of sp³-hybridized carbons (Fsp3) is 0.167. The van der Waals surface area contributed by atoms with E-state index in [1.54, 1.807) is 0 Å². The lowest BCUT2D eigenvalue weighted by molar-refractivity contribution is 0.620. The van der Waals surface area contributed by atoms with E-state index >= 15 is 0 Å². The second-order valence-electron chi connectivity index (χ2n) is 7.42. The van der Waals surface area contributed by atoms with Gasteiger partial charge in [-0.2, -0.15) is 0 Å². The van der Waals surface area contributed by atoms with Crippen molar-refractivity contribution in [2.24, 2.45) is 5.92 Å². The number of aromatic nitrogens is 2. The Hall–Kier alpha value is -3.20. The maximum Gasteiger partial charge on any atom is 0.180 e. The fourth-order valence-electron chi connectivity index (χ4n) is 3.63. The third-order valence-electron chi connectivity index (χ3n) is 4.88. The molecular formula is C24H20N2O. The first-order valence-electron chi connectivity index (χ1n) is 9.36. The highest BCUT2D eigenvalue weighted by Crippen LogP contribution is 2.34. The van der Waals surface area contributed by atoms with Crippen molar-refractivity contribution in [3.8, 4) is 11.3 Å². The van der Waals surface area contributed by atoms with Crippen molar-refractivity contribution in [1.29, 1.82) is 0 Å². The van der Waals surface area contributed by atoms with Gasteiger partial charge in [0.15, 0.2) is 5.58 Å². The van der Waals surface area contributed by atoms with Gasteiger partial charge in [0.25, 0.3) is 0 Å². The average Bonchev–Trinajstić information content (AvgIpc) is 3.05. The summed E-state index contributed by atoms with van der Waals surface area (Å²) in [5, 5.41) is 3.46. The molecule has 0 unspecified atom stereocenters. The molecule has 5 rings (SSSR count). The van der Waals surface area contributed by atoms with Gasteiger partial charge < -0.3 is 4.42 Å². The third-order valence-corrected chi connectivity index (χ3v) is 4.88. The molecule has 0 fully saturated rings. The van der Waals surface area contributed by atoms with Crippen molar-refractivity contribution in [3.05, 3.63) is 72.6 Å². The Morgan fingerprint density at radius 3 is 2.48 bits per heavy atom. The molecule has 0 saturated carbocycles. The van der Waals surface area contributed by atoms with Crippen LogP contribution in [0.3, 0.4) is 0 Å². The quantitative estimate of drug-likeness (QED) is 0.377. The van der Waals surface area contributed by atoms with E-state index in [9.17, 15) is 0 Å². The number of rotatable bonds is 3. The maximum atomic E-state index is 6.19. The van der Waals surface area contributed by atoms with E-state index in [1.807, 2.05) is 18.2 Å². The number of furan rings is 1. The van der Waals surface area contributed by atoms with Crippen molar-refractivity contribution in [1.82, 2.24) is 9.97 Å². The second kappa shape index (κ2) is 6.20. The minimum absolute atomic E-state index is 0.491. The van der Waals surface area contributed by atoms with Gasteiger partial charge in [-0.05, 0) is 34.9 Å². The first-order chi connectivity index (χ1) is 13.2. The van der Waals surface area contributed by atoms with Crippen LogP contribution in [-0.2, 0) is 6.42 Å². The number of para-hydroxylation sites is 1. The minimum Gasteiger partial charge on any atom is -0.452 e. The summed E-state index contributed by atoms with van der Waals surface area (Å²) in [5.74, 6) is 1.36. The van der Waals surface area contributed by atoms with Crippen LogP contribution < -0.4 is 0 Å². The summed E-state index contributed by atoms with van der Waals surface area (Å²) in [4.78, 5) is 9.76. The Kier molecular flexibility index (Phi) is 3.68. The Morgan fingerprint density at radius 1 is 0.852 bits per heavy atom. The number of hydrogen-bond acceptors (Lipinski definition) is 3. The van der Waals surface area contributed by atoms with Gasteiger partial charge in [-0.25, -0.2) is 9.97 Å². The van der Waals surface area contributed by atoms with Gasteiger partial charge in [-0.3, -0.25) is 0 Å². The van der Waals surface area contributed by atoms with Gasteiger partial charge in [0.1, 0.15) is 22.6 Å². The van der Waals surface area contributed by atoms with Crippen LogP contribution in [0.5, 0.6) is 0 Å². The molecule has 2 heterocycles. The van der Waals surface area contributed by atoms with Crippen LogP contribution in [-0.4, -0.2) is 9.97 Å². The van der Waals surface area contributed by atoms with E-state index in [1.165, 1.54) is 10.8 Å². The first kappa shape index (κ1) is 16.0. The normalized spacial score (nSPS) is 11.8. The molecule has 0 amide bonds. The minimum atomic E-state index is 0.491. The smallest absolute Gasteiger partial charge is 0.180 e. The maximum absolute atomic E-state index is 6.19. The standard InChI is InChI=1S/C24H20N2O/c1-15(2)13-21-25-22(18-12-11-16-7-3-4-8-17(16)14-18)24-23(26-21)19-9-5-6-10-20(19)27-24/h3-12,14-15H,13H2,1-2H3. The molecule has 0 spiro atoms. The molecule has 0 aliphatic carbocycles. The summed E-state index contributed by atoms with van der Waals surface area (Å²) in [6, 6.07) is 22.9. The number of benzene rings is 3. The Morgan fingerprint density at radius 2 is 1.63 bits per heavy atom. The zero-order chi connectivity index (χ0) is 18.4. The molecule has 0 saturated heterocycles. The molecule has 27 heavy (non-hydrogen) atoms. The van der Waals surface area contributed by atoms with E-state index in [0.29, 0.717) is 5.92 Å². The Balaban J connectivity index is 1.82. The van der Waals surface area contributed by atoms with Crippen molar-refractivity contribution >= 4 is 32.8 Å². The zero-order valence-corrected chi connectivity index (χ0v) is 15.4. The molecule has 0 atom stereocenters. The molecule has 0 aliphatic rings. The summed E-state index contributed by atoms with van der Waals surface area (Å²) in [6.07, 6.45) is 0.843. The molecule has 0 aliphatic heterocycles. The topological polar surface area (TPSA) is 38.9 Å². The number of fused-ring (bicyclic) bond motifs is 4. The fourth-order valence-corrected chi connectivity index (χ4v) is 3.63. The molecule has 3 aromatic carbocycles. The van der Waals surface area contributed by atoms with E-state index in [-0.39, 0.29) is 0 Å². The van der Waals surface area contributed by atoms with Crippen LogP contribution in [0.25, 0.3) is 44.1 Å². The highest BCUT2D eigenvalue weighted by atomic mass is 16.3. The van der Waals surface area contributed by atoms with Gasteiger partial charge in [0, 0.05) is 17.4 Å². The van der Waals surface area contributed by atoms with Crippen molar-refractivity contribution in [2.75, 3.05) is 0 Å². The predicted octanol–water partition coefficient (Wildman–Crippen LogP) is 6.39. The second-order valence-corrected chi connectivity index (χ2v) is 7.42. The van der Waals surface area contributed by atoms with Crippen LogP contribution in [0.15, 0.2) is 71.1 Å². The lowest BCUT2D eigenvalue weighted by Crippen LogP contribution is -2.02. The van der Waals surface area contributed by atoms with Gasteiger partial charge in [0.05, 0.1) is 0 Å². The van der Waals surface area contributed by atoms with E-state index in [2.05, 4.69) is 62.4 Å². The SMILES string of the molecule is CC(C)Cc1nc(-c2ccc3ccccc3c2)c2oc3ccccc3c2n1. The molecule has 0 N–H and O–H groups in total. The van der Waals surface area contributed by atoms with Crippen LogP contribution in [0.2, 0.25) is 0 Å². The molecule has 3 heteroatoms. The lowest BCUT2D eigenvalue weighted by Gasteiger charge is -2.08. The van der Waals surface area contributed by atoms with Crippen LogP contribution in [0, 0.1) is 5.92 Å². The predicted molar refractivity (Wildman–Crippen MR) is 111 cm³/mol. The average molecular weight is 352 g/mol. The Bertz CT molecular complexity index is 1280. The lowest BCUT2D eigenvalue weighted by atomic mass is 10.0. The van der Waals surface area contributed by atoms with Crippen LogP contribution in [0.1, 0.15) is 19.7 Å². The molecular weight excluding hydrogens is 332 g/mol. The van der Waals surface area contributed by atoms with E-state index < -0.39 is 0 Å². The summed E-state index contributed by atoms with van der Waals surface area (Å²) in [7, 11) is 0. The number of hydrogen-bond donors (Lipinski definition) is 0. The molecule has 0 bridgehead atoms. The largest absolute Gasteiger partial charge is 0.452 e. The van der Waals surface area contributed by atoms with Crippen LogP contribution in [0.4, 0.5) is 0 Å². The molecule has 0 radical (unpaired) electrons. The summed E-state index contributed by atoms with van der Waals surface area (Å²) in [5.41, 5.74) is 4.45. The molecule has 132 valence electrons. The summed E-state index contributed by atoms with van der Waals surface area (Å²) < 4.78 is 6.19. The van der Waals surface area contributed by atoms with Gasteiger partial charge in [-0.15, -0.1) is 0 Å². The van der Waals surface area contributed by atoms with E-state index in [0.717, 1.165) is 45.6 Å². The Labute approximate surface area is 157 Å². The van der Waals surface area contributed by atoms with Crippen molar-refractivity contribution < 1.29 is 4.42 Å². The first-order valence-corrected chi connectivity index (χ1v) is 9.36. The van der Waals surface area contributed by atoms with Crippen molar-refractivity contribution in [3.63, 3.8) is 0 Å². The highest BCUT2D eigenvalue weighted by Gasteiger charge is 2.17. The molecule has 5 aromatic rings. The molecule has 3 nitrogen and oxygen atoms in total.